The summed E-state index contributed by atoms with van der Waals surface area (Å²) in [5.74, 6) is 0. The highest BCUT2D eigenvalue weighted by Crippen LogP contribution is 2.24. The molecule has 0 spiro atoms. The second-order valence-corrected chi connectivity index (χ2v) is 7.01. The van der Waals surface area contributed by atoms with Crippen molar-refractivity contribution in [2.24, 2.45) is 0 Å². The summed E-state index contributed by atoms with van der Waals surface area (Å²) in [5, 5.41) is 0.305. The predicted molar refractivity (Wildman–Crippen MR) is 76.2 cm³/mol. The van der Waals surface area contributed by atoms with Gasteiger partial charge in [0.25, 0.3) is 0 Å². The zero-order chi connectivity index (χ0) is 13.8. The van der Waals surface area contributed by atoms with Crippen LogP contribution in [0.1, 0.15) is 19.8 Å². The van der Waals surface area contributed by atoms with Crippen LogP contribution in [-0.4, -0.2) is 20.3 Å². The van der Waals surface area contributed by atoms with Crippen LogP contribution in [0.15, 0.2) is 23.1 Å². The Labute approximate surface area is 122 Å². The fourth-order valence-electron chi connectivity index (χ4n) is 1.34. The van der Waals surface area contributed by atoms with Crippen LogP contribution in [0, 0.1) is 0 Å². The first kappa shape index (κ1) is 16.1. The molecule has 0 aliphatic carbocycles. The summed E-state index contributed by atoms with van der Waals surface area (Å²) in [7, 11) is -3.59. The molecule has 3 nitrogen and oxygen atoms in total. The Morgan fingerprint density at radius 1 is 1.28 bits per heavy atom. The molecule has 7 heteroatoms. The molecule has 0 aromatic heterocycles. The SMILES string of the molecule is CCCC(Cl)CNS(=O)(=O)c1ccc(Cl)c(Cl)c1. The lowest BCUT2D eigenvalue weighted by Crippen LogP contribution is -2.29. The lowest BCUT2D eigenvalue weighted by atomic mass is 10.2. The first-order chi connectivity index (χ1) is 8.36. The predicted octanol–water partition coefficient (Wildman–Crippen LogP) is 3.68. The van der Waals surface area contributed by atoms with Crippen molar-refractivity contribution in [3.63, 3.8) is 0 Å². The summed E-state index contributed by atoms with van der Waals surface area (Å²) in [5.41, 5.74) is 0. The largest absolute Gasteiger partial charge is 0.240 e. The van der Waals surface area contributed by atoms with Crippen molar-refractivity contribution in [2.75, 3.05) is 6.54 Å². The standard InChI is InChI=1S/C11H14Cl3NO2S/c1-2-3-8(12)7-15-18(16,17)9-4-5-10(13)11(14)6-9/h4-6,8,15H,2-3,7H2,1H3. The van der Waals surface area contributed by atoms with E-state index in [1.807, 2.05) is 6.92 Å². The van der Waals surface area contributed by atoms with E-state index in [0.717, 1.165) is 12.8 Å². The molecular formula is C11H14Cl3NO2S. The lowest BCUT2D eigenvalue weighted by Gasteiger charge is -2.11. The highest BCUT2D eigenvalue weighted by molar-refractivity contribution is 7.89. The van der Waals surface area contributed by atoms with Crippen molar-refractivity contribution in [3.05, 3.63) is 28.2 Å². The monoisotopic (exact) mass is 329 g/mol. The molecule has 0 aliphatic rings. The molecule has 0 aliphatic heterocycles. The second kappa shape index (κ2) is 6.96. The summed E-state index contributed by atoms with van der Waals surface area (Å²) in [6.45, 7) is 2.18. The second-order valence-electron chi connectivity index (χ2n) is 3.81. The Kier molecular flexibility index (Phi) is 6.21. The van der Waals surface area contributed by atoms with Crippen LogP contribution in [0.4, 0.5) is 0 Å². The van der Waals surface area contributed by atoms with E-state index in [0.29, 0.717) is 5.02 Å². The van der Waals surface area contributed by atoms with E-state index in [9.17, 15) is 8.42 Å². The Morgan fingerprint density at radius 3 is 2.50 bits per heavy atom. The van der Waals surface area contributed by atoms with E-state index < -0.39 is 10.0 Å². The number of alkyl halides is 1. The molecule has 0 bridgehead atoms. The zero-order valence-electron chi connectivity index (χ0n) is 9.79. The normalized spacial score (nSPS) is 13.6. The molecule has 0 heterocycles. The van der Waals surface area contributed by atoms with Gasteiger partial charge in [-0.2, -0.15) is 0 Å². The van der Waals surface area contributed by atoms with Crippen LogP contribution >= 0.6 is 34.8 Å². The van der Waals surface area contributed by atoms with E-state index in [1.54, 1.807) is 0 Å². The highest BCUT2D eigenvalue weighted by atomic mass is 35.5. The minimum absolute atomic E-state index is 0.0808. The van der Waals surface area contributed by atoms with Crippen molar-refractivity contribution in [1.82, 2.24) is 4.72 Å². The van der Waals surface area contributed by atoms with E-state index >= 15 is 0 Å². The van der Waals surface area contributed by atoms with E-state index in [-0.39, 0.29) is 21.8 Å². The molecule has 18 heavy (non-hydrogen) atoms. The number of nitrogens with one attached hydrogen (secondary N) is 1. The van der Waals surface area contributed by atoms with Crippen molar-refractivity contribution < 1.29 is 8.42 Å². The summed E-state index contributed by atoms with van der Waals surface area (Å²) < 4.78 is 26.3. The van der Waals surface area contributed by atoms with Crippen molar-refractivity contribution in [2.45, 2.75) is 30.0 Å². The molecule has 0 saturated heterocycles. The molecule has 1 unspecified atom stereocenters. The van der Waals surface area contributed by atoms with Gasteiger partial charge in [0.05, 0.1) is 14.9 Å². The zero-order valence-corrected chi connectivity index (χ0v) is 12.9. The molecule has 1 N–H and O–H groups in total. The van der Waals surface area contributed by atoms with Crippen LogP contribution in [0.2, 0.25) is 10.0 Å². The van der Waals surface area contributed by atoms with Gasteiger partial charge in [0, 0.05) is 11.9 Å². The van der Waals surface area contributed by atoms with Gasteiger partial charge in [-0.15, -0.1) is 11.6 Å². The minimum Gasteiger partial charge on any atom is -0.210 e. The van der Waals surface area contributed by atoms with Crippen molar-refractivity contribution in [1.29, 1.82) is 0 Å². The maximum atomic E-state index is 11.9. The smallest absolute Gasteiger partial charge is 0.210 e. The van der Waals surface area contributed by atoms with Gasteiger partial charge >= 0.3 is 0 Å². The average molecular weight is 331 g/mol. The van der Waals surface area contributed by atoms with Gasteiger partial charge in [0.2, 0.25) is 10.0 Å². The molecule has 1 rings (SSSR count). The van der Waals surface area contributed by atoms with Gasteiger partial charge in [-0.05, 0) is 24.6 Å². The number of benzene rings is 1. The fourth-order valence-corrected chi connectivity index (χ4v) is 3.20. The Balaban J connectivity index is 2.77. The Morgan fingerprint density at radius 2 is 1.94 bits per heavy atom. The number of halogens is 3. The summed E-state index contributed by atoms with van der Waals surface area (Å²) >= 11 is 17.5. The lowest BCUT2D eigenvalue weighted by molar-refractivity contribution is 0.577. The summed E-state index contributed by atoms with van der Waals surface area (Å²) in [4.78, 5) is 0.0808. The van der Waals surface area contributed by atoms with Crippen LogP contribution in [0.25, 0.3) is 0 Å². The maximum Gasteiger partial charge on any atom is 0.240 e. The minimum atomic E-state index is -3.59. The first-order valence-electron chi connectivity index (χ1n) is 5.45. The number of rotatable bonds is 6. The van der Waals surface area contributed by atoms with E-state index in [4.69, 9.17) is 34.8 Å². The Hall–Kier alpha value is -0.000000000000000111. The molecule has 0 saturated carbocycles. The third-order valence-electron chi connectivity index (χ3n) is 2.30. The van der Waals surface area contributed by atoms with Gasteiger partial charge in [0.1, 0.15) is 0 Å². The molecule has 0 fully saturated rings. The molecule has 0 radical (unpaired) electrons. The van der Waals surface area contributed by atoms with Crippen LogP contribution in [0.3, 0.4) is 0 Å². The molecule has 102 valence electrons. The number of hydrogen-bond donors (Lipinski definition) is 1. The van der Waals surface area contributed by atoms with Crippen molar-refractivity contribution >= 4 is 44.8 Å². The van der Waals surface area contributed by atoms with E-state index in [1.165, 1.54) is 18.2 Å². The fraction of sp³-hybridized carbons (Fsp3) is 0.455. The molecule has 1 aromatic carbocycles. The molecular weight excluding hydrogens is 317 g/mol. The van der Waals surface area contributed by atoms with Crippen molar-refractivity contribution in [3.8, 4) is 0 Å². The van der Waals surface area contributed by atoms with Crippen LogP contribution in [0.5, 0.6) is 0 Å². The van der Waals surface area contributed by atoms with Gasteiger partial charge in [-0.25, -0.2) is 13.1 Å². The van der Waals surface area contributed by atoms with Crippen LogP contribution < -0.4 is 4.72 Å². The maximum absolute atomic E-state index is 11.9. The number of sulfonamides is 1. The molecule has 1 aromatic rings. The average Bonchev–Trinajstić information content (AvgIpc) is 2.30. The third kappa shape index (κ3) is 4.59. The third-order valence-corrected chi connectivity index (χ3v) is 4.83. The topological polar surface area (TPSA) is 46.2 Å². The van der Waals surface area contributed by atoms with Gasteiger partial charge in [-0.1, -0.05) is 36.5 Å². The van der Waals surface area contributed by atoms with Gasteiger partial charge < -0.3 is 0 Å². The first-order valence-corrected chi connectivity index (χ1v) is 8.13. The summed E-state index contributed by atoms with van der Waals surface area (Å²) in [6, 6.07) is 4.16. The van der Waals surface area contributed by atoms with Gasteiger partial charge in [-0.3, -0.25) is 0 Å². The van der Waals surface area contributed by atoms with E-state index in [2.05, 4.69) is 4.72 Å². The van der Waals surface area contributed by atoms with Gasteiger partial charge in [0.15, 0.2) is 0 Å². The summed E-state index contributed by atoms with van der Waals surface area (Å²) in [6.07, 6.45) is 1.66. The quantitative estimate of drug-likeness (QED) is 0.809. The molecule has 1 atom stereocenters. The number of hydrogen-bond acceptors (Lipinski definition) is 2. The highest BCUT2D eigenvalue weighted by Gasteiger charge is 2.16. The van der Waals surface area contributed by atoms with Crippen LogP contribution in [-0.2, 0) is 10.0 Å². The Bertz CT molecular complexity index is 505. The molecule has 0 amide bonds.